The maximum absolute atomic E-state index is 5.25. The van der Waals surface area contributed by atoms with Gasteiger partial charge in [0.1, 0.15) is 5.75 Å². The molecule has 0 radical (unpaired) electrons. The van der Waals surface area contributed by atoms with Gasteiger partial charge in [-0.15, -0.1) is 0 Å². The van der Waals surface area contributed by atoms with Crippen molar-refractivity contribution in [1.82, 2.24) is 15.0 Å². The van der Waals surface area contributed by atoms with Gasteiger partial charge in [0.15, 0.2) is 0 Å². The zero-order chi connectivity index (χ0) is 19.9. The van der Waals surface area contributed by atoms with Crippen LogP contribution in [0, 0.1) is 0 Å². The summed E-state index contributed by atoms with van der Waals surface area (Å²) in [7, 11) is 1.65. The summed E-state index contributed by atoms with van der Waals surface area (Å²) in [5.41, 5.74) is 7.38. The van der Waals surface area contributed by atoms with Crippen LogP contribution in [-0.4, -0.2) is 28.3 Å². The van der Waals surface area contributed by atoms with E-state index in [1.54, 1.807) is 25.7 Å². The Balaban J connectivity index is 1.68. The van der Waals surface area contributed by atoms with Gasteiger partial charge in [-0.3, -0.25) is 4.98 Å². The Morgan fingerprint density at radius 3 is 2.24 bits per heavy atom. The fourth-order valence-corrected chi connectivity index (χ4v) is 2.78. The second-order valence-electron chi connectivity index (χ2n) is 6.21. The molecule has 29 heavy (non-hydrogen) atoms. The molecule has 0 amide bonds. The summed E-state index contributed by atoms with van der Waals surface area (Å²) in [6.07, 6.45) is 5.13. The normalized spacial score (nSPS) is 10.8. The molecule has 0 spiro atoms. The molecular formula is C23H19N5O. The largest absolute Gasteiger partial charge is 0.497 e. The van der Waals surface area contributed by atoms with E-state index in [1.165, 1.54) is 0 Å². The molecule has 0 unspecified atom stereocenters. The number of methoxy groups -OCH3 is 1. The van der Waals surface area contributed by atoms with Gasteiger partial charge in [0.25, 0.3) is 0 Å². The molecule has 6 nitrogen and oxygen atoms in total. The van der Waals surface area contributed by atoms with Crippen LogP contribution in [0.15, 0.2) is 90.3 Å². The van der Waals surface area contributed by atoms with E-state index in [0.29, 0.717) is 5.95 Å². The van der Waals surface area contributed by atoms with E-state index in [4.69, 9.17) is 4.74 Å². The monoisotopic (exact) mass is 381 g/mol. The Kier molecular flexibility index (Phi) is 5.53. The van der Waals surface area contributed by atoms with Crippen molar-refractivity contribution in [3.63, 3.8) is 0 Å². The van der Waals surface area contributed by atoms with Crippen LogP contribution in [-0.2, 0) is 0 Å². The van der Waals surface area contributed by atoms with Gasteiger partial charge >= 0.3 is 0 Å². The first-order valence-electron chi connectivity index (χ1n) is 9.10. The Morgan fingerprint density at radius 1 is 0.862 bits per heavy atom. The predicted octanol–water partition coefficient (Wildman–Crippen LogP) is 4.66. The third kappa shape index (κ3) is 4.62. The second-order valence-corrected chi connectivity index (χ2v) is 6.21. The maximum Gasteiger partial charge on any atom is 0.244 e. The maximum atomic E-state index is 5.25. The Bertz CT molecular complexity index is 1100. The first-order chi connectivity index (χ1) is 14.3. The number of benzene rings is 2. The van der Waals surface area contributed by atoms with Crippen LogP contribution in [0.2, 0.25) is 0 Å². The molecule has 4 aromatic rings. The highest BCUT2D eigenvalue weighted by atomic mass is 16.5. The van der Waals surface area contributed by atoms with Crippen molar-refractivity contribution in [3.05, 3.63) is 90.8 Å². The summed E-state index contributed by atoms with van der Waals surface area (Å²) in [5.74, 6) is 1.21. The van der Waals surface area contributed by atoms with Crippen molar-refractivity contribution in [2.75, 3.05) is 12.5 Å². The molecule has 0 aliphatic carbocycles. The number of nitrogens with one attached hydrogen (secondary N) is 1. The third-order valence-electron chi connectivity index (χ3n) is 4.24. The molecule has 0 aliphatic rings. The van der Waals surface area contributed by atoms with Crippen LogP contribution in [0.5, 0.6) is 5.75 Å². The number of pyridine rings is 1. The molecule has 0 saturated carbocycles. The molecule has 6 heteroatoms. The molecule has 0 bridgehead atoms. The number of rotatable bonds is 6. The van der Waals surface area contributed by atoms with Crippen LogP contribution < -0.4 is 10.2 Å². The van der Waals surface area contributed by atoms with Crippen LogP contribution in [0.1, 0.15) is 5.56 Å². The van der Waals surface area contributed by atoms with E-state index >= 15 is 0 Å². The van der Waals surface area contributed by atoms with Gasteiger partial charge in [-0.2, -0.15) is 5.10 Å². The van der Waals surface area contributed by atoms with Crippen molar-refractivity contribution >= 4 is 12.2 Å². The molecule has 2 heterocycles. The van der Waals surface area contributed by atoms with E-state index in [2.05, 4.69) is 25.5 Å². The first-order valence-corrected chi connectivity index (χ1v) is 9.10. The standard InChI is InChI=1S/C23H19N5O/c1-29-20-11-9-19(10-12-20)22-14-21(18-7-3-2-4-8-18)26-23(27-22)28-25-16-17-6-5-13-24-15-17/h2-16H,1H3,(H,26,27,28)/b25-16+. The lowest BCUT2D eigenvalue weighted by Crippen LogP contribution is -2.00. The van der Waals surface area contributed by atoms with E-state index in [-0.39, 0.29) is 0 Å². The number of hydrazone groups is 1. The van der Waals surface area contributed by atoms with Crippen LogP contribution in [0.4, 0.5) is 5.95 Å². The van der Waals surface area contributed by atoms with Gasteiger partial charge in [-0.25, -0.2) is 15.4 Å². The number of hydrogen-bond acceptors (Lipinski definition) is 6. The zero-order valence-corrected chi connectivity index (χ0v) is 15.9. The zero-order valence-electron chi connectivity index (χ0n) is 15.9. The van der Waals surface area contributed by atoms with Gasteiger partial charge in [0.05, 0.1) is 24.7 Å². The van der Waals surface area contributed by atoms with Gasteiger partial charge in [0.2, 0.25) is 5.95 Å². The van der Waals surface area contributed by atoms with E-state index in [9.17, 15) is 0 Å². The summed E-state index contributed by atoms with van der Waals surface area (Å²) >= 11 is 0. The minimum atomic E-state index is 0.414. The summed E-state index contributed by atoms with van der Waals surface area (Å²) in [6, 6.07) is 23.5. The molecule has 4 rings (SSSR count). The molecule has 2 aromatic carbocycles. The van der Waals surface area contributed by atoms with Gasteiger partial charge in [-0.1, -0.05) is 36.4 Å². The van der Waals surface area contributed by atoms with Gasteiger partial charge < -0.3 is 4.74 Å². The SMILES string of the molecule is COc1ccc(-c2cc(-c3ccccc3)nc(N/N=C/c3cccnc3)n2)cc1. The van der Waals surface area contributed by atoms with Crippen LogP contribution in [0.3, 0.4) is 0 Å². The predicted molar refractivity (Wildman–Crippen MR) is 115 cm³/mol. The molecule has 0 atom stereocenters. The van der Waals surface area contributed by atoms with Crippen LogP contribution >= 0.6 is 0 Å². The second kappa shape index (κ2) is 8.75. The van der Waals surface area contributed by atoms with Crippen LogP contribution in [0.25, 0.3) is 22.5 Å². The summed E-state index contributed by atoms with van der Waals surface area (Å²) in [4.78, 5) is 13.3. The average Bonchev–Trinajstić information content (AvgIpc) is 2.80. The molecule has 1 N–H and O–H groups in total. The Hall–Kier alpha value is -4.06. The van der Waals surface area contributed by atoms with Crippen molar-refractivity contribution in [2.45, 2.75) is 0 Å². The number of aromatic nitrogens is 3. The highest BCUT2D eigenvalue weighted by molar-refractivity contribution is 5.79. The quantitative estimate of drug-likeness (QED) is 0.388. The molecular weight excluding hydrogens is 362 g/mol. The highest BCUT2D eigenvalue weighted by Crippen LogP contribution is 2.26. The smallest absolute Gasteiger partial charge is 0.244 e. The summed E-state index contributed by atoms with van der Waals surface area (Å²) in [5, 5.41) is 4.25. The Labute approximate surface area is 169 Å². The fourth-order valence-electron chi connectivity index (χ4n) is 2.78. The first kappa shape index (κ1) is 18.3. The number of hydrogen-bond donors (Lipinski definition) is 1. The fraction of sp³-hybridized carbons (Fsp3) is 0.0435. The highest BCUT2D eigenvalue weighted by Gasteiger charge is 2.08. The van der Waals surface area contributed by atoms with E-state index in [0.717, 1.165) is 33.8 Å². The van der Waals surface area contributed by atoms with E-state index < -0.39 is 0 Å². The number of ether oxygens (including phenoxy) is 1. The lowest BCUT2D eigenvalue weighted by molar-refractivity contribution is 0.415. The average molecular weight is 381 g/mol. The van der Waals surface area contributed by atoms with Crippen molar-refractivity contribution in [3.8, 4) is 28.3 Å². The molecule has 0 saturated heterocycles. The molecule has 142 valence electrons. The summed E-state index contributed by atoms with van der Waals surface area (Å²) < 4.78 is 5.25. The summed E-state index contributed by atoms with van der Waals surface area (Å²) in [6.45, 7) is 0. The van der Waals surface area contributed by atoms with Crippen molar-refractivity contribution in [2.24, 2.45) is 5.10 Å². The number of anilines is 1. The number of nitrogens with zero attached hydrogens (tertiary/aromatic N) is 4. The lowest BCUT2D eigenvalue weighted by Gasteiger charge is -2.09. The van der Waals surface area contributed by atoms with Crippen molar-refractivity contribution in [1.29, 1.82) is 0 Å². The topological polar surface area (TPSA) is 72.3 Å². The minimum Gasteiger partial charge on any atom is -0.497 e. The van der Waals surface area contributed by atoms with Gasteiger partial charge in [0, 0.05) is 29.1 Å². The van der Waals surface area contributed by atoms with E-state index in [1.807, 2.05) is 72.8 Å². The minimum absolute atomic E-state index is 0.414. The third-order valence-corrected chi connectivity index (χ3v) is 4.24. The molecule has 2 aromatic heterocycles. The lowest BCUT2D eigenvalue weighted by atomic mass is 10.1. The van der Waals surface area contributed by atoms with Crippen molar-refractivity contribution < 1.29 is 4.74 Å². The molecule has 0 fully saturated rings. The molecule has 0 aliphatic heterocycles. The van der Waals surface area contributed by atoms with Gasteiger partial charge in [-0.05, 0) is 36.4 Å². The Morgan fingerprint density at radius 2 is 1.59 bits per heavy atom.